The van der Waals surface area contributed by atoms with Crippen molar-refractivity contribution in [3.05, 3.63) is 42.5 Å². The van der Waals surface area contributed by atoms with Gasteiger partial charge in [-0.15, -0.1) is 0 Å². The molecule has 0 aliphatic carbocycles. The molecular weight excluding hydrogens is 244 g/mol. The first-order valence-corrected chi connectivity index (χ1v) is 6.07. The van der Waals surface area contributed by atoms with Gasteiger partial charge in [-0.25, -0.2) is 0 Å². The highest BCUT2D eigenvalue weighted by atomic mass is 16.5. The van der Waals surface area contributed by atoms with E-state index >= 15 is 0 Å². The van der Waals surface area contributed by atoms with E-state index in [1.54, 1.807) is 18.2 Å². The van der Waals surface area contributed by atoms with E-state index in [0.717, 1.165) is 5.56 Å². The molecule has 102 valence electrons. The van der Waals surface area contributed by atoms with Gasteiger partial charge in [-0.2, -0.15) is 0 Å². The van der Waals surface area contributed by atoms with Gasteiger partial charge in [-0.3, -0.25) is 4.79 Å². The molecule has 0 saturated heterocycles. The molecule has 0 bridgehead atoms. The lowest BCUT2D eigenvalue weighted by Gasteiger charge is -2.11. The van der Waals surface area contributed by atoms with Gasteiger partial charge in [0.05, 0.1) is 5.92 Å². The number of benzene rings is 1. The molecule has 0 aliphatic rings. The highest BCUT2D eigenvalue weighted by Gasteiger charge is 2.19. The molecule has 4 heteroatoms. The van der Waals surface area contributed by atoms with Crippen LogP contribution in [0.2, 0.25) is 0 Å². The van der Waals surface area contributed by atoms with Crippen molar-refractivity contribution < 1.29 is 19.4 Å². The van der Waals surface area contributed by atoms with Crippen molar-refractivity contribution in [3.8, 4) is 5.75 Å². The average molecular weight is 262 g/mol. The molecule has 1 atom stereocenters. The highest BCUT2D eigenvalue weighted by molar-refractivity contribution is 5.82. The third-order valence-corrected chi connectivity index (χ3v) is 2.66. The Hall–Kier alpha value is -2.10. The molecule has 1 N–H and O–H groups in total. The average Bonchev–Trinajstić information content (AvgIpc) is 2.36. The molecule has 0 heterocycles. The molecule has 1 aromatic rings. The number of aliphatic carboxylic acids is 1. The van der Waals surface area contributed by atoms with E-state index in [1.165, 1.54) is 6.92 Å². The van der Waals surface area contributed by atoms with Crippen LogP contribution in [0.15, 0.2) is 36.9 Å². The van der Waals surface area contributed by atoms with Crippen LogP contribution in [0.1, 0.15) is 18.9 Å². The fourth-order valence-electron chi connectivity index (χ4n) is 1.76. The van der Waals surface area contributed by atoms with E-state index in [0.29, 0.717) is 18.8 Å². The maximum Gasteiger partial charge on any atom is 0.307 e. The van der Waals surface area contributed by atoms with Crippen LogP contribution in [0.3, 0.4) is 0 Å². The lowest BCUT2D eigenvalue weighted by atomic mass is 9.95. The number of hydrogen-bond acceptors (Lipinski definition) is 3. The summed E-state index contributed by atoms with van der Waals surface area (Å²) in [5, 5.41) is 9.07. The normalized spacial score (nSPS) is 11.6. The lowest BCUT2D eigenvalue weighted by molar-refractivity contribution is -0.143. The van der Waals surface area contributed by atoms with Crippen molar-refractivity contribution in [1.82, 2.24) is 0 Å². The Bertz CT molecular complexity index is 448. The van der Waals surface area contributed by atoms with E-state index in [-0.39, 0.29) is 12.2 Å². The van der Waals surface area contributed by atoms with Gasteiger partial charge in [0.1, 0.15) is 18.1 Å². The van der Waals surface area contributed by atoms with Crippen LogP contribution in [-0.2, 0) is 16.0 Å². The number of hydrogen-bond donors (Lipinski definition) is 1. The van der Waals surface area contributed by atoms with Crippen molar-refractivity contribution in [2.45, 2.75) is 19.8 Å². The van der Waals surface area contributed by atoms with Crippen molar-refractivity contribution in [1.29, 1.82) is 0 Å². The first kappa shape index (κ1) is 15.0. The van der Waals surface area contributed by atoms with Crippen LogP contribution in [-0.4, -0.2) is 23.5 Å². The van der Waals surface area contributed by atoms with Gasteiger partial charge >= 0.3 is 5.97 Å². The molecule has 0 radical (unpaired) electrons. The van der Waals surface area contributed by atoms with Gasteiger partial charge in [0.15, 0.2) is 0 Å². The minimum atomic E-state index is -0.942. The Morgan fingerprint density at radius 3 is 2.47 bits per heavy atom. The van der Waals surface area contributed by atoms with Gasteiger partial charge in [0.2, 0.25) is 0 Å². The number of carbonyl (C=O) groups is 2. The number of rotatable bonds is 8. The lowest BCUT2D eigenvalue weighted by Crippen LogP contribution is -2.19. The molecule has 1 rings (SSSR count). The summed E-state index contributed by atoms with van der Waals surface area (Å²) in [6, 6.07) is 7.19. The van der Waals surface area contributed by atoms with Crippen LogP contribution in [0, 0.1) is 5.92 Å². The van der Waals surface area contributed by atoms with Gasteiger partial charge < -0.3 is 14.6 Å². The number of Topliss-reactive ketones (excluding diaryl/α,β-unsaturated/α-hetero) is 1. The minimum Gasteiger partial charge on any atom is -0.490 e. The molecule has 0 saturated carbocycles. The predicted molar refractivity (Wildman–Crippen MR) is 72.3 cm³/mol. The van der Waals surface area contributed by atoms with Crippen molar-refractivity contribution in [2.75, 3.05) is 6.61 Å². The van der Waals surface area contributed by atoms with Gasteiger partial charge in [-0.05, 0) is 31.0 Å². The molecule has 0 aliphatic heterocycles. The zero-order chi connectivity index (χ0) is 14.3. The number of carboxylic acid groups (broad SMARTS) is 1. The summed E-state index contributed by atoms with van der Waals surface area (Å²) in [6.45, 7) is 5.39. The van der Waals surface area contributed by atoms with Crippen LogP contribution in [0.25, 0.3) is 0 Å². The van der Waals surface area contributed by atoms with E-state index in [9.17, 15) is 9.59 Å². The maximum absolute atomic E-state index is 11.1. The smallest absolute Gasteiger partial charge is 0.307 e. The topological polar surface area (TPSA) is 63.6 Å². The summed E-state index contributed by atoms with van der Waals surface area (Å²) in [7, 11) is 0. The van der Waals surface area contributed by atoms with Crippen molar-refractivity contribution in [3.63, 3.8) is 0 Å². The molecule has 1 aromatic carbocycles. The highest BCUT2D eigenvalue weighted by Crippen LogP contribution is 2.17. The molecule has 0 amide bonds. The van der Waals surface area contributed by atoms with Crippen LogP contribution in [0.5, 0.6) is 5.75 Å². The molecule has 19 heavy (non-hydrogen) atoms. The van der Waals surface area contributed by atoms with Gasteiger partial charge in [0.25, 0.3) is 0 Å². The zero-order valence-electron chi connectivity index (χ0n) is 11.0. The number of ether oxygens (including phenoxy) is 1. The third kappa shape index (κ3) is 5.38. The summed E-state index contributed by atoms with van der Waals surface area (Å²) >= 11 is 0. The Kier molecular flexibility index (Phi) is 5.79. The minimum absolute atomic E-state index is 0.0596. The quantitative estimate of drug-likeness (QED) is 0.731. The summed E-state index contributed by atoms with van der Waals surface area (Å²) in [4.78, 5) is 22.1. The van der Waals surface area contributed by atoms with Crippen LogP contribution >= 0.6 is 0 Å². The first-order valence-electron chi connectivity index (χ1n) is 6.07. The fraction of sp³-hybridized carbons (Fsp3) is 0.333. The summed E-state index contributed by atoms with van der Waals surface area (Å²) in [5.74, 6) is -1.01. The fourth-order valence-corrected chi connectivity index (χ4v) is 1.76. The van der Waals surface area contributed by atoms with Crippen molar-refractivity contribution in [2.24, 2.45) is 5.92 Å². The van der Waals surface area contributed by atoms with E-state index in [2.05, 4.69) is 6.58 Å². The number of carbonyl (C=O) groups excluding carboxylic acids is 1. The number of carboxylic acids is 1. The van der Waals surface area contributed by atoms with E-state index < -0.39 is 11.9 Å². The van der Waals surface area contributed by atoms with Crippen LogP contribution in [0.4, 0.5) is 0 Å². The van der Waals surface area contributed by atoms with Crippen LogP contribution < -0.4 is 4.74 Å². The molecule has 4 nitrogen and oxygen atoms in total. The molecular formula is C15H18O4. The predicted octanol–water partition coefficient (Wildman–Crippen LogP) is 2.47. The van der Waals surface area contributed by atoms with Gasteiger partial charge in [-0.1, -0.05) is 24.8 Å². The Labute approximate surface area is 112 Å². The third-order valence-electron chi connectivity index (χ3n) is 2.66. The second kappa shape index (κ2) is 7.36. The second-order valence-electron chi connectivity index (χ2n) is 4.39. The number of ketones is 1. The Morgan fingerprint density at radius 2 is 2.00 bits per heavy atom. The summed E-state index contributed by atoms with van der Waals surface area (Å²) in [6.07, 6.45) is 2.06. The molecule has 0 aromatic heterocycles. The zero-order valence-corrected chi connectivity index (χ0v) is 11.0. The van der Waals surface area contributed by atoms with E-state index in [4.69, 9.17) is 9.84 Å². The summed E-state index contributed by atoms with van der Waals surface area (Å²) < 4.78 is 5.34. The SMILES string of the molecule is C=CCOc1ccc(CC(CC(C)=O)C(=O)O)cc1. The molecule has 0 spiro atoms. The Morgan fingerprint density at radius 1 is 1.37 bits per heavy atom. The monoisotopic (exact) mass is 262 g/mol. The van der Waals surface area contributed by atoms with Crippen molar-refractivity contribution >= 4 is 11.8 Å². The second-order valence-corrected chi connectivity index (χ2v) is 4.39. The largest absolute Gasteiger partial charge is 0.490 e. The van der Waals surface area contributed by atoms with E-state index in [1.807, 2.05) is 12.1 Å². The molecule has 1 unspecified atom stereocenters. The van der Waals surface area contributed by atoms with Gasteiger partial charge in [0, 0.05) is 6.42 Å². The summed E-state index contributed by atoms with van der Waals surface area (Å²) in [5.41, 5.74) is 0.875. The first-order chi connectivity index (χ1) is 9.02. The Balaban J connectivity index is 2.66. The maximum atomic E-state index is 11.1. The molecule has 0 fully saturated rings. The standard InChI is InChI=1S/C15H18O4/c1-3-8-19-14-6-4-12(5-7-14)10-13(15(17)18)9-11(2)16/h3-7,13H,1,8-10H2,2H3,(H,17,18).